The van der Waals surface area contributed by atoms with Crippen molar-refractivity contribution in [3.8, 4) is 11.5 Å². The first kappa shape index (κ1) is 20.2. The number of anilines is 1. The van der Waals surface area contributed by atoms with Gasteiger partial charge < -0.3 is 25.3 Å². The van der Waals surface area contributed by atoms with Crippen molar-refractivity contribution in [3.05, 3.63) is 48.2 Å². The monoisotopic (exact) mass is 410 g/mol. The summed E-state index contributed by atoms with van der Waals surface area (Å²) in [7, 11) is 0. The van der Waals surface area contributed by atoms with E-state index in [1.807, 2.05) is 26.0 Å². The molecule has 1 amide bonds. The van der Waals surface area contributed by atoms with Crippen LogP contribution in [0.1, 0.15) is 32.2 Å². The van der Waals surface area contributed by atoms with Crippen LogP contribution in [0.15, 0.2) is 36.8 Å². The highest BCUT2D eigenvalue weighted by atomic mass is 16.5. The van der Waals surface area contributed by atoms with E-state index in [9.17, 15) is 4.79 Å². The van der Waals surface area contributed by atoms with Gasteiger partial charge in [-0.2, -0.15) is 0 Å². The number of nitrogens with zero attached hydrogens (tertiary/aromatic N) is 2. The molecule has 3 N–H and O–H groups in total. The lowest BCUT2D eigenvalue weighted by Crippen LogP contribution is -2.44. The number of hydrogen-bond acceptors (Lipinski definition) is 7. The Balaban J connectivity index is 1.61. The van der Waals surface area contributed by atoms with Crippen molar-refractivity contribution in [1.29, 1.82) is 0 Å². The Morgan fingerprint density at radius 3 is 2.63 bits per heavy atom. The maximum absolute atomic E-state index is 12.9. The minimum atomic E-state index is -0.412. The van der Waals surface area contributed by atoms with Gasteiger partial charge in [0.05, 0.1) is 31.1 Å². The zero-order chi connectivity index (χ0) is 21.4. The molecule has 3 heterocycles. The number of carbonyl (C=O) groups is 1. The van der Waals surface area contributed by atoms with E-state index in [1.54, 1.807) is 18.5 Å². The minimum absolute atomic E-state index is 0.0411. The van der Waals surface area contributed by atoms with E-state index in [1.165, 1.54) is 6.20 Å². The van der Waals surface area contributed by atoms with Crippen LogP contribution in [0.4, 0.5) is 5.69 Å². The molecule has 0 aliphatic carbocycles. The second-order valence-electron chi connectivity index (χ2n) is 8.69. The van der Waals surface area contributed by atoms with Crippen LogP contribution in [-0.4, -0.2) is 41.3 Å². The first-order valence-electron chi connectivity index (χ1n) is 9.86. The number of aromatic nitrogens is 2. The van der Waals surface area contributed by atoms with Gasteiger partial charge >= 0.3 is 0 Å². The number of nitrogens with one attached hydrogen (secondary N) is 1. The van der Waals surface area contributed by atoms with E-state index in [0.717, 1.165) is 17.7 Å². The van der Waals surface area contributed by atoms with Crippen molar-refractivity contribution in [1.82, 2.24) is 9.97 Å². The van der Waals surface area contributed by atoms with Crippen molar-refractivity contribution in [3.63, 3.8) is 0 Å². The Morgan fingerprint density at radius 1 is 1.27 bits per heavy atom. The maximum atomic E-state index is 12.9. The Bertz CT molecular complexity index is 984. The molecule has 1 fully saturated rings. The summed E-state index contributed by atoms with van der Waals surface area (Å²) in [4.78, 5) is 21.2. The molecule has 0 atom stereocenters. The van der Waals surface area contributed by atoms with Crippen LogP contribution in [0.3, 0.4) is 0 Å². The predicted molar refractivity (Wildman–Crippen MR) is 112 cm³/mol. The van der Waals surface area contributed by atoms with E-state index in [0.29, 0.717) is 31.3 Å². The average Bonchev–Trinajstić information content (AvgIpc) is 2.98. The second kappa shape index (κ2) is 7.60. The van der Waals surface area contributed by atoms with Gasteiger partial charge in [-0.25, -0.2) is 9.97 Å². The fraction of sp³-hybridized carbons (Fsp3) is 0.409. The smallest absolute Gasteiger partial charge is 0.261 e. The molecule has 0 bridgehead atoms. The van der Waals surface area contributed by atoms with Crippen LogP contribution in [0.25, 0.3) is 5.57 Å². The van der Waals surface area contributed by atoms with Gasteiger partial charge in [0.25, 0.3) is 5.91 Å². The van der Waals surface area contributed by atoms with Gasteiger partial charge in [-0.3, -0.25) is 4.79 Å². The number of amides is 1. The Hall–Kier alpha value is -3.13. The van der Waals surface area contributed by atoms with Crippen LogP contribution in [-0.2, 0) is 16.0 Å². The topological polar surface area (TPSA) is 109 Å². The standard InChI is InChI=1S/C22H26N4O4/c1-21(2)9-14-7-16(26-20(27)15(10-23)19-24-5-4-6-25-19)18(8-17(14)30-21)29-13-22(3)11-28-12-22/h4-8,10H,9,11-13,23H2,1-3H3,(H,26,27). The lowest BCUT2D eigenvalue weighted by molar-refractivity contribution is -0.120. The van der Waals surface area contributed by atoms with E-state index >= 15 is 0 Å². The molecule has 1 aromatic heterocycles. The van der Waals surface area contributed by atoms with Gasteiger partial charge in [-0.15, -0.1) is 0 Å². The molecule has 8 nitrogen and oxygen atoms in total. The molecule has 1 saturated heterocycles. The number of carbonyl (C=O) groups excluding carboxylic acids is 1. The lowest BCUT2D eigenvalue weighted by atomic mass is 9.90. The van der Waals surface area contributed by atoms with E-state index in [2.05, 4.69) is 22.2 Å². The molecule has 0 radical (unpaired) electrons. The third-order valence-electron chi connectivity index (χ3n) is 5.11. The predicted octanol–water partition coefficient (Wildman–Crippen LogP) is 2.54. The number of rotatable bonds is 6. The SMILES string of the molecule is CC1(COc2cc3c(cc2NC(=O)C(=CN)c2ncccn2)CC(C)(C)O3)COC1. The van der Waals surface area contributed by atoms with E-state index in [-0.39, 0.29) is 22.4 Å². The molecular formula is C22H26N4O4. The fourth-order valence-electron chi connectivity index (χ4n) is 3.51. The Labute approximate surface area is 175 Å². The fourth-order valence-corrected chi connectivity index (χ4v) is 3.51. The van der Waals surface area contributed by atoms with Gasteiger partial charge in [0.15, 0.2) is 5.82 Å². The molecule has 4 rings (SSSR count). The molecule has 8 heteroatoms. The summed E-state index contributed by atoms with van der Waals surface area (Å²) < 4.78 is 17.4. The molecule has 158 valence electrons. The van der Waals surface area contributed by atoms with Crippen LogP contribution in [0.2, 0.25) is 0 Å². The molecule has 0 unspecified atom stereocenters. The molecular weight excluding hydrogens is 384 g/mol. The summed E-state index contributed by atoms with van der Waals surface area (Å²) in [5, 5.41) is 2.91. The van der Waals surface area contributed by atoms with Crippen LogP contribution in [0.5, 0.6) is 11.5 Å². The van der Waals surface area contributed by atoms with Gasteiger partial charge in [0, 0.05) is 42.1 Å². The molecule has 1 aromatic carbocycles. The summed E-state index contributed by atoms with van der Waals surface area (Å²) in [6, 6.07) is 5.42. The summed E-state index contributed by atoms with van der Waals surface area (Å²) >= 11 is 0. The maximum Gasteiger partial charge on any atom is 0.261 e. The van der Waals surface area contributed by atoms with Gasteiger partial charge in [0.1, 0.15) is 17.1 Å². The molecule has 2 aromatic rings. The van der Waals surface area contributed by atoms with Crippen molar-refractivity contribution in [2.24, 2.45) is 11.1 Å². The summed E-state index contributed by atoms with van der Waals surface area (Å²) in [6.07, 6.45) is 5.06. The third-order valence-corrected chi connectivity index (χ3v) is 5.11. The first-order valence-corrected chi connectivity index (χ1v) is 9.86. The Morgan fingerprint density at radius 2 is 2.00 bits per heavy atom. The molecule has 30 heavy (non-hydrogen) atoms. The number of fused-ring (bicyclic) bond motifs is 1. The lowest BCUT2D eigenvalue weighted by Gasteiger charge is -2.37. The zero-order valence-electron chi connectivity index (χ0n) is 17.4. The molecule has 0 spiro atoms. The summed E-state index contributed by atoms with van der Waals surface area (Å²) in [5.74, 6) is 1.15. The van der Waals surface area contributed by atoms with Gasteiger partial charge in [0.2, 0.25) is 0 Å². The number of hydrogen-bond donors (Lipinski definition) is 2. The van der Waals surface area contributed by atoms with Gasteiger partial charge in [-0.05, 0) is 26.0 Å². The van der Waals surface area contributed by atoms with Crippen molar-refractivity contribution < 1.29 is 19.0 Å². The second-order valence-corrected chi connectivity index (χ2v) is 8.69. The van der Waals surface area contributed by atoms with Crippen molar-refractivity contribution in [2.75, 3.05) is 25.1 Å². The quantitative estimate of drug-likeness (QED) is 0.705. The first-order chi connectivity index (χ1) is 14.3. The third kappa shape index (κ3) is 4.09. The molecule has 2 aliphatic rings. The molecule has 0 saturated carbocycles. The van der Waals surface area contributed by atoms with E-state index < -0.39 is 5.91 Å². The summed E-state index contributed by atoms with van der Waals surface area (Å²) in [5.41, 5.74) is 7.09. The number of nitrogens with two attached hydrogens (primary N) is 1. The number of ether oxygens (including phenoxy) is 3. The van der Waals surface area contributed by atoms with Crippen LogP contribution in [0, 0.1) is 5.41 Å². The highest BCUT2D eigenvalue weighted by Crippen LogP contribution is 2.42. The Kier molecular flexibility index (Phi) is 5.11. The highest BCUT2D eigenvalue weighted by molar-refractivity contribution is 6.24. The summed E-state index contributed by atoms with van der Waals surface area (Å²) in [6.45, 7) is 7.92. The normalized spacial score (nSPS) is 18.7. The number of benzene rings is 1. The van der Waals surface area contributed by atoms with Crippen LogP contribution < -0.4 is 20.5 Å². The van der Waals surface area contributed by atoms with Crippen LogP contribution >= 0.6 is 0 Å². The molecule has 2 aliphatic heterocycles. The van der Waals surface area contributed by atoms with E-state index in [4.69, 9.17) is 19.9 Å². The largest absolute Gasteiger partial charge is 0.491 e. The minimum Gasteiger partial charge on any atom is -0.491 e. The van der Waals surface area contributed by atoms with Crippen molar-refractivity contribution in [2.45, 2.75) is 32.8 Å². The highest BCUT2D eigenvalue weighted by Gasteiger charge is 2.36. The van der Waals surface area contributed by atoms with Crippen molar-refractivity contribution >= 4 is 17.2 Å². The zero-order valence-corrected chi connectivity index (χ0v) is 17.4. The average molecular weight is 410 g/mol. The van der Waals surface area contributed by atoms with Gasteiger partial charge in [-0.1, -0.05) is 6.92 Å².